The zero-order chi connectivity index (χ0) is 16.0. The molecule has 0 atom stereocenters. The van der Waals surface area contributed by atoms with Gasteiger partial charge in [0.15, 0.2) is 0 Å². The van der Waals surface area contributed by atoms with Gasteiger partial charge < -0.3 is 4.90 Å². The average molecular weight is 283 g/mol. The van der Waals surface area contributed by atoms with Crippen LogP contribution in [-0.2, 0) is 0 Å². The molecule has 0 amide bonds. The van der Waals surface area contributed by atoms with Crippen molar-refractivity contribution in [2.24, 2.45) is 0 Å². The van der Waals surface area contributed by atoms with E-state index >= 15 is 0 Å². The lowest BCUT2D eigenvalue weighted by Crippen LogP contribution is -2.27. The highest BCUT2D eigenvalue weighted by Gasteiger charge is 2.04. The summed E-state index contributed by atoms with van der Waals surface area (Å²) < 4.78 is 0. The molecule has 1 rings (SSSR count). The molecule has 21 heavy (non-hydrogen) atoms. The summed E-state index contributed by atoms with van der Waals surface area (Å²) in [7, 11) is 0. The van der Waals surface area contributed by atoms with Gasteiger partial charge in [-0.2, -0.15) is 0 Å². The number of benzene rings is 1. The molecule has 1 nitrogen and oxygen atoms in total. The number of nitrogens with zero attached hydrogens (tertiary/aromatic N) is 1. The lowest BCUT2D eigenvalue weighted by atomic mass is 10.0. The Bertz CT molecular complexity index is 634. The smallest absolute Gasteiger partial charge is 0.0172 e. The monoisotopic (exact) mass is 283 g/mol. The normalized spacial score (nSPS) is 13.1. The van der Waals surface area contributed by atoms with E-state index in [-0.39, 0.29) is 0 Å². The van der Waals surface area contributed by atoms with Crippen molar-refractivity contribution in [3.63, 3.8) is 0 Å². The van der Waals surface area contributed by atoms with E-state index in [1.54, 1.807) is 0 Å². The van der Waals surface area contributed by atoms with Gasteiger partial charge >= 0.3 is 0 Å². The van der Waals surface area contributed by atoms with Gasteiger partial charge in [0.2, 0.25) is 0 Å². The average Bonchev–Trinajstić information content (AvgIpc) is 2.44. The third kappa shape index (κ3) is 4.63. The van der Waals surface area contributed by atoms with Gasteiger partial charge in [0.05, 0.1) is 0 Å². The zero-order valence-corrected chi connectivity index (χ0v) is 14.3. The molecule has 0 radical (unpaired) electrons. The third-order valence-electron chi connectivity index (χ3n) is 3.74. The van der Waals surface area contributed by atoms with Gasteiger partial charge in [-0.05, 0) is 56.2 Å². The highest BCUT2D eigenvalue weighted by Crippen LogP contribution is 2.14. The molecule has 0 aliphatic carbocycles. The summed E-state index contributed by atoms with van der Waals surface area (Å²) in [6, 6.07) is 6.39. The topological polar surface area (TPSA) is 3.24 Å². The maximum absolute atomic E-state index is 4.17. The quantitative estimate of drug-likeness (QED) is 0.768. The number of hydrogen-bond donors (Lipinski definition) is 0. The first-order valence-corrected chi connectivity index (χ1v) is 7.79. The SMILES string of the molecule is C=C(C)C(/C=C(\C)N(CC)CCC)=c1\cc(C)ccc1=C. The van der Waals surface area contributed by atoms with Crippen molar-refractivity contribution >= 4 is 12.2 Å². The third-order valence-corrected chi connectivity index (χ3v) is 3.74. The fourth-order valence-corrected chi connectivity index (χ4v) is 2.53. The molecule has 1 aromatic carbocycles. The molecule has 0 aromatic heterocycles. The Hall–Kier alpha value is -1.76. The largest absolute Gasteiger partial charge is 0.375 e. The Kier molecular flexibility index (Phi) is 6.48. The second-order valence-corrected chi connectivity index (χ2v) is 5.72. The number of hydrogen-bond acceptors (Lipinski definition) is 1. The van der Waals surface area contributed by atoms with Gasteiger partial charge in [0.25, 0.3) is 0 Å². The van der Waals surface area contributed by atoms with Gasteiger partial charge in [-0.15, -0.1) is 0 Å². The Morgan fingerprint density at radius 1 is 1.24 bits per heavy atom. The van der Waals surface area contributed by atoms with Crippen LogP contribution >= 0.6 is 0 Å². The Morgan fingerprint density at radius 2 is 1.90 bits per heavy atom. The lowest BCUT2D eigenvalue weighted by molar-refractivity contribution is 0.364. The van der Waals surface area contributed by atoms with Crippen LogP contribution in [0.2, 0.25) is 0 Å². The van der Waals surface area contributed by atoms with Crippen molar-refractivity contribution in [1.82, 2.24) is 4.90 Å². The van der Waals surface area contributed by atoms with Gasteiger partial charge in [0, 0.05) is 18.8 Å². The van der Waals surface area contributed by atoms with E-state index in [0.717, 1.165) is 30.3 Å². The van der Waals surface area contributed by atoms with Crippen LogP contribution in [0.1, 0.15) is 39.7 Å². The van der Waals surface area contributed by atoms with Gasteiger partial charge in [-0.1, -0.05) is 49.4 Å². The molecule has 0 aliphatic heterocycles. The van der Waals surface area contributed by atoms with Crippen LogP contribution in [0.5, 0.6) is 0 Å². The van der Waals surface area contributed by atoms with Crippen molar-refractivity contribution in [3.8, 4) is 0 Å². The standard InChI is InChI=1S/C20H29N/c1-8-12-21(9-2)18(7)14-19(15(3)4)20-13-16(5)10-11-17(20)6/h10-11,13-14H,3,6,8-9,12H2,1-2,4-5,7H3/b18-14+,20-19+. The van der Waals surface area contributed by atoms with E-state index in [9.17, 15) is 0 Å². The van der Waals surface area contributed by atoms with Crippen molar-refractivity contribution in [2.75, 3.05) is 13.1 Å². The van der Waals surface area contributed by atoms with Gasteiger partial charge in [-0.25, -0.2) is 0 Å². The summed E-state index contributed by atoms with van der Waals surface area (Å²) in [6.07, 6.45) is 3.41. The molecule has 0 spiro atoms. The van der Waals surface area contributed by atoms with Crippen LogP contribution in [0.3, 0.4) is 0 Å². The van der Waals surface area contributed by atoms with E-state index in [2.05, 4.69) is 77.0 Å². The fraction of sp³-hybridized carbons (Fsp3) is 0.400. The molecule has 0 saturated heterocycles. The van der Waals surface area contributed by atoms with Crippen LogP contribution < -0.4 is 10.4 Å². The van der Waals surface area contributed by atoms with Crippen LogP contribution in [0, 0.1) is 6.92 Å². The van der Waals surface area contributed by atoms with Crippen molar-refractivity contribution in [3.05, 3.63) is 58.1 Å². The minimum atomic E-state index is 1.03. The number of allylic oxidation sites excluding steroid dienone is 3. The Morgan fingerprint density at radius 3 is 2.43 bits per heavy atom. The number of rotatable bonds is 6. The molecule has 114 valence electrons. The zero-order valence-electron chi connectivity index (χ0n) is 14.3. The highest BCUT2D eigenvalue weighted by molar-refractivity contribution is 5.72. The van der Waals surface area contributed by atoms with E-state index in [4.69, 9.17) is 0 Å². The minimum Gasteiger partial charge on any atom is -0.375 e. The Labute approximate surface area is 130 Å². The molecule has 0 N–H and O–H groups in total. The molecule has 0 bridgehead atoms. The summed E-state index contributed by atoms with van der Waals surface area (Å²) in [5, 5.41) is 2.25. The van der Waals surface area contributed by atoms with Crippen LogP contribution in [0.25, 0.3) is 12.2 Å². The second kappa shape index (κ2) is 7.87. The highest BCUT2D eigenvalue weighted by atomic mass is 15.1. The van der Waals surface area contributed by atoms with Crippen LogP contribution in [0.15, 0.2) is 42.1 Å². The molecular formula is C20H29N. The van der Waals surface area contributed by atoms with E-state index in [0.29, 0.717) is 0 Å². The molecule has 0 aliphatic rings. The summed E-state index contributed by atoms with van der Waals surface area (Å²) >= 11 is 0. The summed E-state index contributed by atoms with van der Waals surface area (Å²) in [5.74, 6) is 0. The second-order valence-electron chi connectivity index (χ2n) is 5.72. The van der Waals surface area contributed by atoms with Gasteiger partial charge in [0.1, 0.15) is 0 Å². The maximum atomic E-state index is 4.17. The summed E-state index contributed by atoms with van der Waals surface area (Å²) in [4.78, 5) is 2.40. The van der Waals surface area contributed by atoms with Gasteiger partial charge in [-0.3, -0.25) is 0 Å². The first-order valence-electron chi connectivity index (χ1n) is 7.79. The van der Waals surface area contributed by atoms with Crippen molar-refractivity contribution in [2.45, 2.75) is 41.0 Å². The van der Waals surface area contributed by atoms with Crippen LogP contribution in [0.4, 0.5) is 0 Å². The van der Waals surface area contributed by atoms with E-state index in [1.807, 2.05) is 0 Å². The number of aryl methyl sites for hydroxylation is 1. The molecule has 0 saturated carbocycles. The Balaban J connectivity index is 3.48. The first-order chi connectivity index (χ1) is 9.90. The first kappa shape index (κ1) is 17.3. The maximum Gasteiger partial charge on any atom is 0.0172 e. The summed E-state index contributed by atoms with van der Waals surface area (Å²) in [6.45, 7) is 21.2. The van der Waals surface area contributed by atoms with E-state index in [1.165, 1.54) is 22.1 Å². The molecular weight excluding hydrogens is 254 g/mol. The lowest BCUT2D eigenvalue weighted by Gasteiger charge is -2.23. The van der Waals surface area contributed by atoms with Crippen molar-refractivity contribution < 1.29 is 0 Å². The van der Waals surface area contributed by atoms with Crippen LogP contribution in [-0.4, -0.2) is 18.0 Å². The summed E-state index contributed by atoms with van der Waals surface area (Å²) in [5.41, 5.74) is 4.81. The molecule has 0 fully saturated rings. The predicted molar refractivity (Wildman–Crippen MR) is 95.5 cm³/mol. The van der Waals surface area contributed by atoms with E-state index < -0.39 is 0 Å². The fourth-order valence-electron chi connectivity index (χ4n) is 2.53. The van der Waals surface area contributed by atoms with Crippen molar-refractivity contribution in [1.29, 1.82) is 0 Å². The molecule has 0 unspecified atom stereocenters. The minimum absolute atomic E-state index is 1.03. The predicted octanol–water partition coefficient (Wildman–Crippen LogP) is 3.77. The molecule has 0 heterocycles. The molecule has 1 aromatic rings. The molecule has 1 heteroatoms.